The molecule has 4 heteroatoms. The molecular formula is C21H19ClN2S. The summed E-state index contributed by atoms with van der Waals surface area (Å²) in [4.78, 5) is 2.48. The van der Waals surface area contributed by atoms with Gasteiger partial charge in [0.15, 0.2) is 0 Å². The van der Waals surface area contributed by atoms with E-state index in [2.05, 4.69) is 53.2 Å². The van der Waals surface area contributed by atoms with E-state index < -0.39 is 0 Å². The number of nitrogens with one attached hydrogen (secondary N) is 1. The number of allylic oxidation sites excluding steroid dienone is 1. The van der Waals surface area contributed by atoms with Gasteiger partial charge >= 0.3 is 0 Å². The van der Waals surface area contributed by atoms with Gasteiger partial charge in [-0.1, -0.05) is 42.4 Å². The predicted molar refractivity (Wildman–Crippen MR) is 109 cm³/mol. The lowest BCUT2D eigenvalue weighted by molar-refractivity contribution is 0.302. The molecule has 0 amide bonds. The lowest BCUT2D eigenvalue weighted by Crippen LogP contribution is -2.66. The summed E-state index contributed by atoms with van der Waals surface area (Å²) in [6, 6.07) is 17.1. The molecule has 2 saturated heterocycles. The van der Waals surface area contributed by atoms with Gasteiger partial charge in [-0.15, -0.1) is 11.3 Å². The highest BCUT2D eigenvalue weighted by molar-refractivity contribution is 7.22. The van der Waals surface area contributed by atoms with Gasteiger partial charge in [0.05, 0.1) is 10.5 Å². The van der Waals surface area contributed by atoms with Crippen LogP contribution in [-0.4, -0.2) is 18.6 Å². The van der Waals surface area contributed by atoms with Crippen LogP contribution in [0.1, 0.15) is 12.8 Å². The van der Waals surface area contributed by atoms with E-state index in [1.165, 1.54) is 38.3 Å². The molecule has 0 unspecified atom stereocenters. The molecule has 0 atom stereocenters. The molecule has 2 nitrogen and oxygen atoms in total. The van der Waals surface area contributed by atoms with Gasteiger partial charge in [0.1, 0.15) is 0 Å². The van der Waals surface area contributed by atoms with Crippen LogP contribution in [0.2, 0.25) is 5.02 Å². The molecule has 0 aliphatic carbocycles. The predicted octanol–water partition coefficient (Wildman–Crippen LogP) is 5.68. The first-order valence-electron chi connectivity index (χ1n) is 8.61. The second kappa shape index (κ2) is 5.52. The molecule has 25 heavy (non-hydrogen) atoms. The largest absolute Gasteiger partial charge is 0.380 e. The first-order valence-corrected chi connectivity index (χ1v) is 9.80. The molecule has 0 saturated carbocycles. The van der Waals surface area contributed by atoms with E-state index >= 15 is 0 Å². The molecule has 2 aliphatic rings. The minimum absolute atomic E-state index is 0.279. The van der Waals surface area contributed by atoms with Gasteiger partial charge in [0, 0.05) is 28.5 Å². The average molecular weight is 367 g/mol. The lowest BCUT2D eigenvalue weighted by atomic mass is 9.88. The Labute approximate surface area is 156 Å². The fraction of sp³-hybridized carbons (Fsp3) is 0.238. The van der Waals surface area contributed by atoms with Crippen LogP contribution in [0.5, 0.6) is 0 Å². The first kappa shape index (κ1) is 15.3. The molecule has 1 spiro atoms. The molecule has 1 aromatic heterocycles. The summed E-state index contributed by atoms with van der Waals surface area (Å²) in [5.41, 5.74) is 3.93. The molecule has 2 fully saturated rings. The topological polar surface area (TPSA) is 15.3 Å². The number of thiophene rings is 1. The second-order valence-corrected chi connectivity index (χ2v) is 8.71. The van der Waals surface area contributed by atoms with E-state index in [-0.39, 0.29) is 5.54 Å². The quantitative estimate of drug-likeness (QED) is 0.627. The van der Waals surface area contributed by atoms with E-state index in [0.717, 1.165) is 24.5 Å². The Bertz CT molecular complexity index is 967. The van der Waals surface area contributed by atoms with Crippen LogP contribution in [0, 0.1) is 0 Å². The molecule has 3 aromatic rings. The highest BCUT2D eigenvalue weighted by Gasteiger charge is 2.46. The molecule has 1 N–H and O–H groups in total. The number of anilines is 1. The van der Waals surface area contributed by atoms with Gasteiger partial charge in [-0.05, 0) is 53.6 Å². The summed E-state index contributed by atoms with van der Waals surface area (Å²) in [6.45, 7) is 6.24. The molecule has 3 heterocycles. The van der Waals surface area contributed by atoms with Crippen LogP contribution in [0.4, 0.5) is 5.00 Å². The van der Waals surface area contributed by atoms with E-state index in [1.807, 2.05) is 23.5 Å². The van der Waals surface area contributed by atoms with Crippen LogP contribution in [-0.2, 0) is 0 Å². The Kier molecular flexibility index (Phi) is 3.37. The third kappa shape index (κ3) is 2.62. The van der Waals surface area contributed by atoms with Crippen molar-refractivity contribution in [2.45, 2.75) is 18.4 Å². The molecule has 0 radical (unpaired) electrons. The number of benzene rings is 2. The summed E-state index contributed by atoms with van der Waals surface area (Å²) in [6.07, 6.45) is 2.33. The van der Waals surface area contributed by atoms with Crippen LogP contribution >= 0.6 is 22.9 Å². The Morgan fingerprint density at radius 3 is 2.52 bits per heavy atom. The molecule has 126 valence electrons. The standard InChI is InChI=1S/C21H19ClN2S/c1-14-8-9-21(23-14)12-24(13-21)20-11-17-3-2-16(10-19(17)25-20)15-4-6-18(22)7-5-15/h2-7,10-11,23H,1,8-9,12-13H2. The Morgan fingerprint density at radius 2 is 1.80 bits per heavy atom. The van der Waals surface area contributed by atoms with Crippen molar-refractivity contribution in [2.24, 2.45) is 0 Å². The fourth-order valence-electron chi connectivity index (χ4n) is 3.96. The third-order valence-corrected chi connectivity index (χ3v) is 6.74. The van der Waals surface area contributed by atoms with Crippen molar-refractivity contribution in [2.75, 3.05) is 18.0 Å². The highest BCUT2D eigenvalue weighted by Crippen LogP contribution is 2.42. The van der Waals surface area contributed by atoms with Gasteiger partial charge in [-0.3, -0.25) is 0 Å². The maximum absolute atomic E-state index is 6.00. The summed E-state index contributed by atoms with van der Waals surface area (Å²) in [5.74, 6) is 0. The summed E-state index contributed by atoms with van der Waals surface area (Å²) >= 11 is 7.89. The molecule has 5 rings (SSSR count). The maximum Gasteiger partial charge on any atom is 0.0922 e. The number of hydrogen-bond donors (Lipinski definition) is 1. The monoisotopic (exact) mass is 366 g/mol. The van der Waals surface area contributed by atoms with Gasteiger partial charge in [0.2, 0.25) is 0 Å². The Balaban J connectivity index is 1.41. The van der Waals surface area contributed by atoms with Crippen molar-refractivity contribution in [3.63, 3.8) is 0 Å². The van der Waals surface area contributed by atoms with E-state index in [9.17, 15) is 0 Å². The first-order chi connectivity index (χ1) is 12.1. The zero-order chi connectivity index (χ0) is 17.0. The molecule has 2 aromatic carbocycles. The number of nitrogens with zero attached hydrogens (tertiary/aromatic N) is 1. The SMILES string of the molecule is C=C1CCC2(CN(c3cc4ccc(-c5ccc(Cl)cc5)cc4s3)C2)N1. The van der Waals surface area contributed by atoms with Gasteiger partial charge in [0.25, 0.3) is 0 Å². The van der Waals surface area contributed by atoms with Crippen molar-refractivity contribution in [1.29, 1.82) is 0 Å². The van der Waals surface area contributed by atoms with Crippen LogP contribution in [0.15, 0.2) is 60.8 Å². The van der Waals surface area contributed by atoms with Gasteiger partial charge in [-0.2, -0.15) is 0 Å². The summed E-state index contributed by atoms with van der Waals surface area (Å²) in [7, 11) is 0. The van der Waals surface area contributed by atoms with E-state index in [0.29, 0.717) is 0 Å². The van der Waals surface area contributed by atoms with Crippen molar-refractivity contribution < 1.29 is 0 Å². The van der Waals surface area contributed by atoms with Crippen molar-refractivity contribution in [1.82, 2.24) is 5.32 Å². The van der Waals surface area contributed by atoms with Gasteiger partial charge in [-0.25, -0.2) is 0 Å². The second-order valence-electron chi connectivity index (χ2n) is 7.21. The normalized spacial score (nSPS) is 18.6. The Hall–Kier alpha value is -1.97. The third-order valence-electron chi connectivity index (χ3n) is 5.33. The lowest BCUT2D eigenvalue weighted by Gasteiger charge is -2.49. The molecule has 0 bridgehead atoms. The summed E-state index contributed by atoms with van der Waals surface area (Å²) in [5, 5.41) is 7.06. The van der Waals surface area contributed by atoms with Crippen molar-refractivity contribution in [3.8, 4) is 11.1 Å². The van der Waals surface area contributed by atoms with E-state index in [4.69, 9.17) is 11.6 Å². The minimum Gasteiger partial charge on any atom is -0.380 e. The smallest absolute Gasteiger partial charge is 0.0922 e. The van der Waals surface area contributed by atoms with Crippen LogP contribution < -0.4 is 10.2 Å². The molecule has 2 aliphatic heterocycles. The molecular weight excluding hydrogens is 348 g/mol. The number of hydrogen-bond acceptors (Lipinski definition) is 3. The zero-order valence-electron chi connectivity index (χ0n) is 13.9. The average Bonchev–Trinajstić information content (AvgIpc) is 3.16. The number of fused-ring (bicyclic) bond motifs is 1. The number of rotatable bonds is 2. The van der Waals surface area contributed by atoms with Crippen LogP contribution in [0.3, 0.4) is 0 Å². The minimum atomic E-state index is 0.279. The van der Waals surface area contributed by atoms with Crippen molar-refractivity contribution >= 4 is 38.0 Å². The van der Waals surface area contributed by atoms with E-state index in [1.54, 1.807) is 0 Å². The van der Waals surface area contributed by atoms with Gasteiger partial charge < -0.3 is 10.2 Å². The Morgan fingerprint density at radius 1 is 1.04 bits per heavy atom. The van der Waals surface area contributed by atoms with Crippen LogP contribution in [0.25, 0.3) is 21.2 Å². The highest BCUT2D eigenvalue weighted by atomic mass is 35.5. The zero-order valence-corrected chi connectivity index (χ0v) is 15.5. The summed E-state index contributed by atoms with van der Waals surface area (Å²) < 4.78 is 1.34. The fourth-order valence-corrected chi connectivity index (χ4v) is 5.19. The number of halogens is 1. The van der Waals surface area contributed by atoms with Crippen molar-refractivity contribution in [3.05, 3.63) is 65.8 Å². The maximum atomic E-state index is 6.00.